The summed E-state index contributed by atoms with van der Waals surface area (Å²) in [6.07, 6.45) is 0.896. The molecule has 20 heavy (non-hydrogen) atoms. The van der Waals surface area contributed by atoms with Crippen LogP contribution in [0.4, 0.5) is 0 Å². The number of nitrogens with zero attached hydrogens (tertiary/aromatic N) is 3. The second-order valence-electron chi connectivity index (χ2n) is 4.84. The molecule has 1 fully saturated rings. The maximum atomic E-state index is 12.5. The number of piperazine rings is 1. The van der Waals surface area contributed by atoms with E-state index < -0.39 is 10.0 Å². The van der Waals surface area contributed by atoms with Crippen LogP contribution in [0, 0.1) is 11.3 Å². The highest BCUT2D eigenvalue weighted by atomic mass is 32.2. The first-order chi connectivity index (χ1) is 9.57. The number of sulfonamides is 1. The Morgan fingerprint density at radius 3 is 2.25 bits per heavy atom. The molecule has 0 amide bonds. The second-order valence-corrected chi connectivity index (χ2v) is 6.77. The summed E-state index contributed by atoms with van der Waals surface area (Å²) >= 11 is 0. The molecule has 1 aliphatic heterocycles. The number of benzene rings is 1. The maximum absolute atomic E-state index is 12.5. The minimum atomic E-state index is -3.40. The molecular weight excluding hydrogens is 274 g/mol. The molecule has 0 N–H and O–H groups in total. The molecule has 0 unspecified atom stereocenters. The first-order valence-corrected chi connectivity index (χ1v) is 8.20. The Bertz CT molecular complexity index is 582. The zero-order chi connectivity index (χ0) is 14.6. The van der Waals surface area contributed by atoms with Crippen LogP contribution in [0.25, 0.3) is 0 Å². The van der Waals surface area contributed by atoms with Crippen molar-refractivity contribution in [1.82, 2.24) is 9.21 Å². The molecule has 0 saturated carbocycles. The predicted molar refractivity (Wildman–Crippen MR) is 76.6 cm³/mol. The van der Waals surface area contributed by atoms with E-state index in [0.29, 0.717) is 37.6 Å². The van der Waals surface area contributed by atoms with Crippen molar-refractivity contribution in [2.24, 2.45) is 0 Å². The summed E-state index contributed by atoms with van der Waals surface area (Å²) < 4.78 is 26.5. The third-order valence-corrected chi connectivity index (χ3v) is 5.51. The van der Waals surface area contributed by atoms with Crippen molar-refractivity contribution in [1.29, 1.82) is 5.26 Å². The lowest BCUT2D eigenvalue weighted by Crippen LogP contribution is -2.48. The second kappa shape index (κ2) is 6.35. The number of aryl methyl sites for hydroxylation is 1. The monoisotopic (exact) mass is 293 g/mol. The Hall–Kier alpha value is -1.42. The molecule has 6 heteroatoms. The quantitative estimate of drug-likeness (QED) is 0.779. The van der Waals surface area contributed by atoms with Gasteiger partial charge in [-0.15, -0.1) is 0 Å². The van der Waals surface area contributed by atoms with Crippen LogP contribution in [-0.2, 0) is 16.4 Å². The molecule has 2 rings (SSSR count). The van der Waals surface area contributed by atoms with Crippen molar-refractivity contribution in [2.45, 2.75) is 18.2 Å². The Labute approximate surface area is 120 Å². The van der Waals surface area contributed by atoms with Gasteiger partial charge in [-0.1, -0.05) is 19.1 Å². The molecule has 1 saturated heterocycles. The van der Waals surface area contributed by atoms with Crippen molar-refractivity contribution in [3.05, 3.63) is 29.8 Å². The van der Waals surface area contributed by atoms with Crippen molar-refractivity contribution in [2.75, 3.05) is 32.7 Å². The average molecular weight is 293 g/mol. The molecule has 5 nitrogen and oxygen atoms in total. The summed E-state index contributed by atoms with van der Waals surface area (Å²) in [4.78, 5) is 2.31. The van der Waals surface area contributed by atoms with Crippen LogP contribution < -0.4 is 0 Å². The molecule has 0 spiro atoms. The minimum Gasteiger partial charge on any atom is -0.288 e. The van der Waals surface area contributed by atoms with Crippen LogP contribution >= 0.6 is 0 Å². The van der Waals surface area contributed by atoms with Gasteiger partial charge in [-0.3, -0.25) is 4.90 Å². The molecule has 0 bridgehead atoms. The molecule has 0 radical (unpaired) electrons. The number of rotatable bonds is 4. The Morgan fingerprint density at radius 1 is 1.15 bits per heavy atom. The van der Waals surface area contributed by atoms with Crippen LogP contribution in [0.2, 0.25) is 0 Å². The normalized spacial score (nSPS) is 17.8. The van der Waals surface area contributed by atoms with E-state index in [1.54, 1.807) is 12.1 Å². The maximum Gasteiger partial charge on any atom is 0.243 e. The Balaban J connectivity index is 2.09. The smallest absolute Gasteiger partial charge is 0.243 e. The lowest BCUT2D eigenvalue weighted by Gasteiger charge is -2.32. The van der Waals surface area contributed by atoms with Crippen molar-refractivity contribution in [3.8, 4) is 6.07 Å². The summed E-state index contributed by atoms with van der Waals surface area (Å²) in [6.45, 7) is 4.51. The van der Waals surface area contributed by atoms with Gasteiger partial charge in [0.1, 0.15) is 0 Å². The molecule has 0 atom stereocenters. The van der Waals surface area contributed by atoms with Gasteiger partial charge in [-0.2, -0.15) is 9.57 Å². The van der Waals surface area contributed by atoms with Crippen molar-refractivity contribution >= 4 is 10.0 Å². The SMILES string of the molecule is CCc1ccc(S(=O)(=O)N2CCN(CC#N)CC2)cc1. The zero-order valence-corrected chi connectivity index (χ0v) is 12.4. The predicted octanol–water partition coefficient (Wildman–Crippen LogP) is 1.08. The third kappa shape index (κ3) is 3.18. The topological polar surface area (TPSA) is 64.4 Å². The highest BCUT2D eigenvalue weighted by molar-refractivity contribution is 7.89. The number of hydrogen-bond donors (Lipinski definition) is 0. The molecular formula is C14H19N3O2S. The van der Waals surface area contributed by atoms with Crippen LogP contribution in [0.1, 0.15) is 12.5 Å². The first kappa shape index (κ1) is 15.0. The standard InChI is InChI=1S/C14H19N3O2S/c1-2-13-3-5-14(6-4-13)20(18,19)17-11-9-16(8-7-15)10-12-17/h3-6H,2,8-12H2,1H3. The minimum absolute atomic E-state index is 0.350. The van der Waals surface area contributed by atoms with Gasteiger partial charge in [0.05, 0.1) is 17.5 Å². The van der Waals surface area contributed by atoms with Crippen LogP contribution in [0.5, 0.6) is 0 Å². The fourth-order valence-electron chi connectivity index (χ4n) is 2.27. The van der Waals surface area contributed by atoms with E-state index in [4.69, 9.17) is 5.26 Å². The van der Waals surface area contributed by atoms with Gasteiger partial charge in [0.2, 0.25) is 10.0 Å². The van der Waals surface area contributed by atoms with Gasteiger partial charge >= 0.3 is 0 Å². The van der Waals surface area contributed by atoms with Crippen LogP contribution in [0.3, 0.4) is 0 Å². The van der Waals surface area contributed by atoms with Gasteiger partial charge in [-0.25, -0.2) is 8.42 Å². The van der Waals surface area contributed by atoms with E-state index in [0.717, 1.165) is 12.0 Å². The largest absolute Gasteiger partial charge is 0.288 e. The Kier molecular flexibility index (Phi) is 4.76. The van der Waals surface area contributed by atoms with E-state index in [1.807, 2.05) is 24.0 Å². The van der Waals surface area contributed by atoms with Crippen molar-refractivity contribution < 1.29 is 8.42 Å². The molecule has 1 aromatic carbocycles. The highest BCUT2D eigenvalue weighted by Crippen LogP contribution is 2.18. The van der Waals surface area contributed by atoms with Gasteiger partial charge < -0.3 is 0 Å². The van der Waals surface area contributed by atoms with E-state index >= 15 is 0 Å². The molecule has 1 aromatic rings. The van der Waals surface area contributed by atoms with Crippen LogP contribution in [0.15, 0.2) is 29.2 Å². The van der Waals surface area contributed by atoms with Crippen molar-refractivity contribution in [3.63, 3.8) is 0 Å². The summed E-state index contributed by atoms with van der Waals surface area (Å²) in [5, 5.41) is 8.65. The summed E-state index contributed by atoms with van der Waals surface area (Å²) in [5.41, 5.74) is 1.13. The van der Waals surface area contributed by atoms with E-state index in [9.17, 15) is 8.42 Å². The van der Waals surface area contributed by atoms with Gasteiger partial charge in [-0.05, 0) is 24.1 Å². The van der Waals surface area contributed by atoms with E-state index in [-0.39, 0.29) is 0 Å². The van der Waals surface area contributed by atoms with Gasteiger partial charge in [0.15, 0.2) is 0 Å². The highest BCUT2D eigenvalue weighted by Gasteiger charge is 2.28. The molecule has 1 heterocycles. The average Bonchev–Trinajstić information content (AvgIpc) is 2.48. The molecule has 0 aliphatic carbocycles. The number of nitriles is 1. The summed E-state index contributed by atoms with van der Waals surface area (Å²) in [7, 11) is -3.40. The molecule has 1 aliphatic rings. The third-order valence-electron chi connectivity index (χ3n) is 3.59. The first-order valence-electron chi connectivity index (χ1n) is 6.76. The zero-order valence-electron chi connectivity index (χ0n) is 11.6. The summed E-state index contributed by atoms with van der Waals surface area (Å²) in [5.74, 6) is 0. The molecule has 0 aromatic heterocycles. The van der Waals surface area contributed by atoms with Crippen LogP contribution in [-0.4, -0.2) is 50.3 Å². The van der Waals surface area contributed by atoms with Gasteiger partial charge in [0.25, 0.3) is 0 Å². The Morgan fingerprint density at radius 2 is 1.75 bits per heavy atom. The fourth-order valence-corrected chi connectivity index (χ4v) is 3.70. The summed E-state index contributed by atoms with van der Waals surface area (Å²) in [6, 6.07) is 9.17. The van der Waals surface area contributed by atoms with Gasteiger partial charge in [0, 0.05) is 26.2 Å². The molecule has 108 valence electrons. The number of hydrogen-bond acceptors (Lipinski definition) is 4. The fraction of sp³-hybridized carbons (Fsp3) is 0.500. The lowest BCUT2D eigenvalue weighted by molar-refractivity contribution is 0.206. The van der Waals surface area contributed by atoms with E-state index in [2.05, 4.69) is 6.07 Å². The lowest BCUT2D eigenvalue weighted by atomic mass is 10.2. The van der Waals surface area contributed by atoms with E-state index in [1.165, 1.54) is 4.31 Å².